The van der Waals surface area contributed by atoms with E-state index < -0.39 is 16.4 Å². The van der Waals surface area contributed by atoms with Crippen molar-refractivity contribution in [2.45, 2.75) is 0 Å². The average molecular weight is 292 g/mol. The molecule has 0 saturated carbocycles. The second-order valence-electron chi connectivity index (χ2n) is 3.67. The Morgan fingerprint density at radius 1 is 1.35 bits per heavy atom. The molecule has 0 radical (unpaired) electrons. The van der Waals surface area contributed by atoms with Gasteiger partial charge in [0, 0.05) is 12.3 Å². The van der Waals surface area contributed by atoms with Crippen molar-refractivity contribution in [2.75, 3.05) is 0 Å². The van der Waals surface area contributed by atoms with E-state index in [0.29, 0.717) is 0 Å². The first-order valence-electron chi connectivity index (χ1n) is 5.32. The SMILES string of the molecule is O=c1[nH]c(=S)[nH]c(O)c1C=Nc1ccccc1[N+](=O)[O-]. The van der Waals surface area contributed by atoms with Crippen LogP contribution in [0.25, 0.3) is 0 Å². The molecule has 9 heteroatoms. The zero-order valence-electron chi connectivity index (χ0n) is 9.86. The minimum absolute atomic E-state index is 0.0321. The number of aliphatic imine (C=N–C) groups is 1. The van der Waals surface area contributed by atoms with E-state index in [4.69, 9.17) is 0 Å². The molecule has 0 unspecified atom stereocenters. The van der Waals surface area contributed by atoms with Crippen molar-refractivity contribution in [3.8, 4) is 5.88 Å². The summed E-state index contributed by atoms with van der Waals surface area (Å²) in [6, 6.07) is 5.78. The maximum atomic E-state index is 11.6. The van der Waals surface area contributed by atoms with Crippen LogP contribution in [0, 0.1) is 14.9 Å². The zero-order valence-corrected chi connectivity index (χ0v) is 10.7. The van der Waals surface area contributed by atoms with Gasteiger partial charge in [-0.05, 0) is 18.3 Å². The highest BCUT2D eigenvalue weighted by atomic mass is 32.1. The lowest BCUT2D eigenvalue weighted by molar-refractivity contribution is -0.384. The van der Waals surface area contributed by atoms with E-state index in [9.17, 15) is 20.0 Å². The molecule has 3 N–H and O–H groups in total. The van der Waals surface area contributed by atoms with Gasteiger partial charge in [0.2, 0.25) is 5.88 Å². The molecular weight excluding hydrogens is 284 g/mol. The summed E-state index contributed by atoms with van der Waals surface area (Å²) in [5, 5.41) is 20.4. The maximum Gasteiger partial charge on any atom is 0.294 e. The second-order valence-corrected chi connectivity index (χ2v) is 4.08. The summed E-state index contributed by atoms with van der Waals surface area (Å²) in [4.78, 5) is 30.3. The van der Waals surface area contributed by atoms with Gasteiger partial charge in [-0.3, -0.25) is 19.9 Å². The van der Waals surface area contributed by atoms with Crippen molar-refractivity contribution in [2.24, 2.45) is 4.99 Å². The molecule has 0 saturated heterocycles. The zero-order chi connectivity index (χ0) is 14.7. The molecule has 8 nitrogen and oxygen atoms in total. The number of aromatic amines is 2. The van der Waals surface area contributed by atoms with E-state index >= 15 is 0 Å². The summed E-state index contributed by atoms with van der Waals surface area (Å²) in [7, 11) is 0. The highest BCUT2D eigenvalue weighted by molar-refractivity contribution is 7.71. The number of para-hydroxylation sites is 2. The quantitative estimate of drug-likeness (QED) is 0.344. The molecule has 0 fully saturated rings. The van der Waals surface area contributed by atoms with Gasteiger partial charge in [-0.2, -0.15) is 0 Å². The topological polar surface area (TPSA) is 124 Å². The van der Waals surface area contributed by atoms with Crippen LogP contribution in [0.3, 0.4) is 0 Å². The van der Waals surface area contributed by atoms with Crippen LogP contribution in [0.1, 0.15) is 5.56 Å². The molecule has 0 atom stereocenters. The van der Waals surface area contributed by atoms with Crippen molar-refractivity contribution < 1.29 is 10.0 Å². The normalized spacial score (nSPS) is 10.8. The van der Waals surface area contributed by atoms with Gasteiger partial charge >= 0.3 is 0 Å². The van der Waals surface area contributed by atoms with Gasteiger partial charge < -0.3 is 10.1 Å². The number of aromatic hydroxyl groups is 1. The lowest BCUT2D eigenvalue weighted by atomic mass is 10.2. The Bertz CT molecular complexity index is 809. The average Bonchev–Trinajstić information content (AvgIpc) is 2.37. The van der Waals surface area contributed by atoms with Crippen molar-refractivity contribution >= 4 is 29.8 Å². The molecule has 0 amide bonds. The first-order chi connectivity index (χ1) is 9.49. The molecule has 0 bridgehead atoms. The number of nitro groups is 1. The van der Waals surface area contributed by atoms with Crippen LogP contribution in [0.2, 0.25) is 0 Å². The van der Waals surface area contributed by atoms with Crippen LogP contribution in [-0.2, 0) is 0 Å². The number of nitro benzene ring substituents is 1. The molecule has 0 aliphatic carbocycles. The number of benzene rings is 1. The van der Waals surface area contributed by atoms with Gasteiger partial charge in [0.05, 0.1) is 4.92 Å². The van der Waals surface area contributed by atoms with E-state index in [0.717, 1.165) is 6.21 Å². The minimum atomic E-state index is -0.645. The van der Waals surface area contributed by atoms with Crippen molar-refractivity contribution in [3.05, 3.63) is 55.1 Å². The van der Waals surface area contributed by atoms with E-state index in [1.165, 1.54) is 18.2 Å². The fraction of sp³-hybridized carbons (Fsp3) is 0. The highest BCUT2D eigenvalue weighted by Gasteiger charge is 2.11. The van der Waals surface area contributed by atoms with Crippen LogP contribution >= 0.6 is 12.2 Å². The molecule has 2 aromatic rings. The third-order valence-corrected chi connectivity index (χ3v) is 2.57. The van der Waals surface area contributed by atoms with E-state index in [2.05, 4.69) is 27.2 Å². The molecule has 1 aromatic heterocycles. The third kappa shape index (κ3) is 2.78. The molecule has 1 heterocycles. The Morgan fingerprint density at radius 2 is 2.05 bits per heavy atom. The number of H-pyrrole nitrogens is 2. The van der Waals surface area contributed by atoms with Crippen molar-refractivity contribution in [1.29, 1.82) is 0 Å². The number of nitrogens with one attached hydrogen (secondary N) is 2. The number of nitrogens with zero attached hydrogens (tertiary/aromatic N) is 2. The molecule has 102 valence electrons. The van der Waals surface area contributed by atoms with Gasteiger partial charge in [-0.25, -0.2) is 4.99 Å². The van der Waals surface area contributed by atoms with Gasteiger partial charge in [0.25, 0.3) is 11.2 Å². The standard InChI is InChI=1S/C11H8N4O4S/c16-9-6(10(17)14-11(20)13-9)5-12-7-3-1-2-4-8(7)15(18)19/h1-5H,(H3,13,14,16,17,20). The lowest BCUT2D eigenvalue weighted by Gasteiger charge is -1.98. The lowest BCUT2D eigenvalue weighted by Crippen LogP contribution is -2.13. The Hall–Kier alpha value is -2.81. The van der Waals surface area contributed by atoms with Gasteiger partial charge in [-0.15, -0.1) is 0 Å². The Labute approximate surface area is 116 Å². The first kappa shape index (κ1) is 13.6. The molecule has 0 aliphatic heterocycles. The van der Waals surface area contributed by atoms with Crippen LogP contribution in [0.15, 0.2) is 34.1 Å². The Morgan fingerprint density at radius 3 is 2.70 bits per heavy atom. The van der Waals surface area contributed by atoms with Crippen LogP contribution in [-0.4, -0.2) is 26.2 Å². The van der Waals surface area contributed by atoms with Crippen LogP contribution < -0.4 is 5.56 Å². The van der Waals surface area contributed by atoms with Gasteiger partial charge in [0.1, 0.15) is 11.3 Å². The van der Waals surface area contributed by atoms with Crippen molar-refractivity contribution in [1.82, 2.24) is 9.97 Å². The number of hydrogen-bond acceptors (Lipinski definition) is 6. The third-order valence-electron chi connectivity index (χ3n) is 2.37. The molecular formula is C11H8N4O4S. The van der Waals surface area contributed by atoms with E-state index in [-0.39, 0.29) is 21.7 Å². The molecule has 1 aromatic carbocycles. The Kier molecular flexibility index (Phi) is 3.71. The summed E-state index contributed by atoms with van der Waals surface area (Å²) in [6.45, 7) is 0. The summed E-state index contributed by atoms with van der Waals surface area (Å²) in [5.74, 6) is -0.457. The number of hydrogen-bond donors (Lipinski definition) is 3. The molecule has 2 rings (SSSR count). The van der Waals surface area contributed by atoms with Gasteiger partial charge in [0.15, 0.2) is 4.77 Å². The largest absolute Gasteiger partial charge is 0.494 e. The summed E-state index contributed by atoms with van der Waals surface area (Å²) in [5.41, 5.74) is -0.951. The smallest absolute Gasteiger partial charge is 0.294 e. The van der Waals surface area contributed by atoms with E-state index in [1.807, 2.05) is 0 Å². The van der Waals surface area contributed by atoms with Gasteiger partial charge in [-0.1, -0.05) is 12.1 Å². The highest BCUT2D eigenvalue weighted by Crippen LogP contribution is 2.26. The number of rotatable bonds is 3. The summed E-state index contributed by atoms with van der Waals surface area (Å²) in [6.07, 6.45) is 1.03. The fourth-order valence-corrected chi connectivity index (χ4v) is 1.66. The monoisotopic (exact) mass is 292 g/mol. The first-order valence-corrected chi connectivity index (χ1v) is 5.73. The summed E-state index contributed by atoms with van der Waals surface area (Å²) < 4.78 is -0.0321. The predicted octanol–water partition coefficient (Wildman–Crippen LogP) is 1.80. The second kappa shape index (κ2) is 5.45. The number of aromatic nitrogens is 2. The molecule has 20 heavy (non-hydrogen) atoms. The Balaban J connectivity index is 2.48. The minimum Gasteiger partial charge on any atom is -0.494 e. The molecule has 0 spiro atoms. The summed E-state index contributed by atoms with van der Waals surface area (Å²) >= 11 is 4.67. The van der Waals surface area contributed by atoms with E-state index in [1.54, 1.807) is 6.07 Å². The molecule has 0 aliphatic rings. The van der Waals surface area contributed by atoms with Crippen molar-refractivity contribution in [3.63, 3.8) is 0 Å². The maximum absolute atomic E-state index is 11.6. The van der Waals surface area contributed by atoms with Crippen LogP contribution in [0.5, 0.6) is 5.88 Å². The predicted molar refractivity (Wildman–Crippen MR) is 74.3 cm³/mol. The van der Waals surface area contributed by atoms with Crippen LogP contribution in [0.4, 0.5) is 11.4 Å². The fourth-order valence-electron chi connectivity index (χ4n) is 1.47.